The highest BCUT2D eigenvalue weighted by Crippen LogP contribution is 2.13. The third-order valence-electron chi connectivity index (χ3n) is 2.65. The monoisotopic (exact) mass is 276 g/mol. The van der Waals surface area contributed by atoms with Gasteiger partial charge >= 0.3 is 0 Å². The molecule has 0 aromatic carbocycles. The van der Waals surface area contributed by atoms with E-state index in [0.717, 1.165) is 12.2 Å². The van der Waals surface area contributed by atoms with Gasteiger partial charge in [0.1, 0.15) is 5.76 Å². The van der Waals surface area contributed by atoms with Gasteiger partial charge in [0, 0.05) is 41.2 Å². The smallest absolute Gasteiger partial charge is 0.231 e. The average Bonchev–Trinajstić information content (AvgIpc) is 2.91. The molecule has 0 atom stereocenters. The van der Waals surface area contributed by atoms with E-state index in [1.54, 1.807) is 6.26 Å². The van der Waals surface area contributed by atoms with Crippen LogP contribution in [0.4, 0.5) is 17.8 Å². The molecule has 0 aliphatic heterocycles. The maximum absolute atomic E-state index is 5.29. The number of nitrogens with zero attached hydrogens (tertiary/aromatic N) is 5. The Kier molecular flexibility index (Phi) is 4.39. The van der Waals surface area contributed by atoms with Crippen molar-refractivity contribution in [3.8, 4) is 0 Å². The van der Waals surface area contributed by atoms with Crippen LogP contribution in [0.2, 0.25) is 0 Å². The van der Waals surface area contributed by atoms with Crippen LogP contribution in [0.5, 0.6) is 0 Å². The summed E-state index contributed by atoms with van der Waals surface area (Å²) in [5.74, 6) is 2.76. The van der Waals surface area contributed by atoms with Gasteiger partial charge in [0.05, 0.1) is 6.26 Å². The molecule has 2 aromatic rings. The largest absolute Gasteiger partial charge is 0.469 e. The van der Waals surface area contributed by atoms with Crippen LogP contribution >= 0.6 is 0 Å². The molecule has 0 aliphatic carbocycles. The fraction of sp³-hybridized carbons (Fsp3) is 0.462. The fourth-order valence-electron chi connectivity index (χ4n) is 1.59. The van der Waals surface area contributed by atoms with E-state index >= 15 is 0 Å². The molecule has 0 spiro atoms. The average molecular weight is 276 g/mol. The van der Waals surface area contributed by atoms with Crippen LogP contribution in [0.15, 0.2) is 22.8 Å². The zero-order valence-corrected chi connectivity index (χ0v) is 12.3. The number of furan rings is 1. The van der Waals surface area contributed by atoms with Crippen molar-refractivity contribution >= 4 is 17.8 Å². The van der Waals surface area contributed by atoms with Crippen molar-refractivity contribution in [1.82, 2.24) is 15.0 Å². The Morgan fingerprint density at radius 2 is 1.70 bits per heavy atom. The van der Waals surface area contributed by atoms with Gasteiger partial charge in [0.25, 0.3) is 0 Å². The number of hydrogen-bond acceptors (Lipinski definition) is 7. The minimum absolute atomic E-state index is 0.568. The molecule has 108 valence electrons. The Bertz CT molecular complexity index is 512. The van der Waals surface area contributed by atoms with Gasteiger partial charge in [-0.15, -0.1) is 0 Å². The van der Waals surface area contributed by atoms with E-state index in [0.29, 0.717) is 24.4 Å². The van der Waals surface area contributed by atoms with Crippen LogP contribution < -0.4 is 15.1 Å². The lowest BCUT2D eigenvalue weighted by Gasteiger charge is -2.16. The van der Waals surface area contributed by atoms with E-state index in [2.05, 4.69) is 20.3 Å². The predicted molar refractivity (Wildman–Crippen MR) is 79.4 cm³/mol. The van der Waals surface area contributed by atoms with Crippen molar-refractivity contribution in [2.75, 3.05) is 49.9 Å². The summed E-state index contributed by atoms with van der Waals surface area (Å²) in [6.07, 6.45) is 2.46. The summed E-state index contributed by atoms with van der Waals surface area (Å²) in [6.45, 7) is 0.706. The lowest BCUT2D eigenvalue weighted by Crippen LogP contribution is -2.20. The second-order valence-electron chi connectivity index (χ2n) is 4.80. The van der Waals surface area contributed by atoms with Gasteiger partial charge in [-0.25, -0.2) is 0 Å². The van der Waals surface area contributed by atoms with Crippen LogP contribution in [-0.2, 0) is 6.42 Å². The second kappa shape index (κ2) is 6.23. The number of aromatic nitrogens is 3. The van der Waals surface area contributed by atoms with Crippen molar-refractivity contribution in [1.29, 1.82) is 0 Å². The zero-order valence-electron chi connectivity index (χ0n) is 12.3. The van der Waals surface area contributed by atoms with E-state index in [1.165, 1.54) is 0 Å². The summed E-state index contributed by atoms with van der Waals surface area (Å²) in [5.41, 5.74) is 0. The van der Waals surface area contributed by atoms with Crippen molar-refractivity contribution in [2.24, 2.45) is 0 Å². The van der Waals surface area contributed by atoms with Crippen molar-refractivity contribution in [3.05, 3.63) is 24.2 Å². The topological polar surface area (TPSA) is 70.3 Å². The van der Waals surface area contributed by atoms with Crippen LogP contribution in [0.25, 0.3) is 0 Å². The van der Waals surface area contributed by atoms with Gasteiger partial charge in [0.15, 0.2) is 0 Å². The molecule has 2 rings (SSSR count). The molecule has 1 N–H and O–H groups in total. The first-order valence-electron chi connectivity index (χ1n) is 6.43. The normalized spacial score (nSPS) is 10.4. The molecule has 20 heavy (non-hydrogen) atoms. The molecule has 0 bridgehead atoms. The Morgan fingerprint density at radius 1 is 1.05 bits per heavy atom. The summed E-state index contributed by atoms with van der Waals surface area (Å²) in [6, 6.07) is 3.83. The Balaban J connectivity index is 2.06. The van der Waals surface area contributed by atoms with Crippen molar-refractivity contribution < 1.29 is 4.42 Å². The van der Waals surface area contributed by atoms with Gasteiger partial charge in [0.2, 0.25) is 17.8 Å². The summed E-state index contributed by atoms with van der Waals surface area (Å²) in [7, 11) is 7.62. The number of anilines is 3. The molecule has 2 heterocycles. The number of rotatable bonds is 6. The first-order chi connectivity index (χ1) is 9.56. The van der Waals surface area contributed by atoms with Crippen molar-refractivity contribution in [3.63, 3.8) is 0 Å². The molecule has 0 radical (unpaired) electrons. The van der Waals surface area contributed by atoms with E-state index in [9.17, 15) is 0 Å². The van der Waals surface area contributed by atoms with Crippen LogP contribution in [0.1, 0.15) is 5.76 Å². The summed E-state index contributed by atoms with van der Waals surface area (Å²) in [5, 5.41) is 3.20. The van der Waals surface area contributed by atoms with E-state index in [4.69, 9.17) is 4.42 Å². The highest BCUT2D eigenvalue weighted by molar-refractivity contribution is 5.43. The minimum atomic E-state index is 0.568. The van der Waals surface area contributed by atoms with E-state index < -0.39 is 0 Å². The summed E-state index contributed by atoms with van der Waals surface area (Å²) >= 11 is 0. The molecule has 0 amide bonds. The Hall–Kier alpha value is -2.31. The molecule has 0 aliphatic rings. The standard InChI is InChI=1S/C13H20N6O/c1-18(2)12-15-11(16-13(17-12)19(3)4)14-8-7-10-6-5-9-20-10/h5-6,9H,7-8H2,1-4H3,(H,14,15,16,17). The highest BCUT2D eigenvalue weighted by Gasteiger charge is 2.09. The zero-order chi connectivity index (χ0) is 14.5. The first kappa shape index (κ1) is 14.1. The van der Waals surface area contributed by atoms with Gasteiger partial charge in [-0.05, 0) is 12.1 Å². The second-order valence-corrected chi connectivity index (χ2v) is 4.80. The number of nitrogens with one attached hydrogen (secondary N) is 1. The molecule has 0 unspecified atom stereocenters. The van der Waals surface area contributed by atoms with Gasteiger partial charge in [-0.1, -0.05) is 0 Å². The van der Waals surface area contributed by atoms with Gasteiger partial charge in [-0.3, -0.25) is 0 Å². The highest BCUT2D eigenvalue weighted by atomic mass is 16.3. The molecule has 2 aromatic heterocycles. The van der Waals surface area contributed by atoms with Crippen LogP contribution in [-0.4, -0.2) is 49.7 Å². The third kappa shape index (κ3) is 3.59. The summed E-state index contributed by atoms with van der Waals surface area (Å²) in [4.78, 5) is 16.8. The van der Waals surface area contributed by atoms with E-state index in [1.807, 2.05) is 50.1 Å². The van der Waals surface area contributed by atoms with Gasteiger partial charge in [-0.2, -0.15) is 15.0 Å². The lowest BCUT2D eigenvalue weighted by atomic mass is 10.3. The molecule has 0 fully saturated rings. The molecular weight excluding hydrogens is 256 g/mol. The summed E-state index contributed by atoms with van der Waals surface area (Å²) < 4.78 is 5.29. The maximum Gasteiger partial charge on any atom is 0.231 e. The Morgan fingerprint density at radius 3 is 2.20 bits per heavy atom. The fourth-order valence-corrected chi connectivity index (χ4v) is 1.59. The van der Waals surface area contributed by atoms with Crippen LogP contribution in [0.3, 0.4) is 0 Å². The third-order valence-corrected chi connectivity index (χ3v) is 2.65. The molecular formula is C13H20N6O. The molecule has 0 saturated carbocycles. The van der Waals surface area contributed by atoms with Gasteiger partial charge < -0.3 is 19.5 Å². The van der Waals surface area contributed by atoms with E-state index in [-0.39, 0.29) is 0 Å². The van der Waals surface area contributed by atoms with Crippen molar-refractivity contribution in [2.45, 2.75) is 6.42 Å². The Labute approximate surface area is 118 Å². The lowest BCUT2D eigenvalue weighted by molar-refractivity contribution is 0.512. The molecule has 0 saturated heterocycles. The van der Waals surface area contributed by atoms with Crippen LogP contribution in [0, 0.1) is 0 Å². The first-order valence-corrected chi connectivity index (χ1v) is 6.43. The number of hydrogen-bond donors (Lipinski definition) is 1. The molecule has 7 heteroatoms. The predicted octanol–water partition coefficient (Wildman–Crippen LogP) is 1.25. The maximum atomic E-state index is 5.29. The molecule has 7 nitrogen and oxygen atoms in total. The minimum Gasteiger partial charge on any atom is -0.469 e. The quantitative estimate of drug-likeness (QED) is 0.851. The SMILES string of the molecule is CN(C)c1nc(NCCc2ccco2)nc(N(C)C)n1.